The zero-order valence-corrected chi connectivity index (χ0v) is 36.8. The predicted molar refractivity (Wildman–Crippen MR) is 266 cm³/mol. The van der Waals surface area contributed by atoms with E-state index in [1.807, 2.05) is 0 Å². The summed E-state index contributed by atoms with van der Waals surface area (Å²) in [5, 5.41) is 5.51. The Morgan fingerprint density at radius 3 is 1.67 bits per heavy atom. The fourth-order valence-corrected chi connectivity index (χ4v) is 16.6. The molecule has 0 spiro atoms. The first-order valence-corrected chi connectivity index (χ1v) is 25.0. The van der Waals surface area contributed by atoms with E-state index >= 15 is 0 Å². The van der Waals surface area contributed by atoms with Gasteiger partial charge in [0, 0.05) is 32.8 Å². The minimum Gasteiger partial charge on any atom is -0.309 e. The van der Waals surface area contributed by atoms with E-state index in [1.54, 1.807) is 11.1 Å². The average Bonchev–Trinajstić information content (AvgIpc) is 3.83. The summed E-state index contributed by atoms with van der Waals surface area (Å²) in [5.41, 5.74) is 16.3. The zero-order valence-electron chi connectivity index (χ0n) is 36.8. The molecule has 2 heterocycles. The highest BCUT2D eigenvalue weighted by Crippen LogP contribution is 2.62. The van der Waals surface area contributed by atoms with Crippen LogP contribution in [0.1, 0.15) is 87.7 Å². The maximum atomic E-state index is 2.72. The summed E-state index contributed by atoms with van der Waals surface area (Å²) in [6.45, 7) is 0. The summed E-state index contributed by atoms with van der Waals surface area (Å²) in [4.78, 5) is 0. The van der Waals surface area contributed by atoms with Gasteiger partial charge in [0.2, 0.25) is 0 Å². The second kappa shape index (κ2) is 13.6. The highest BCUT2D eigenvalue weighted by Gasteiger charge is 2.52. The summed E-state index contributed by atoms with van der Waals surface area (Å²) in [6.07, 6.45) is 16.0. The van der Waals surface area contributed by atoms with Crippen molar-refractivity contribution >= 4 is 43.6 Å². The Morgan fingerprint density at radius 1 is 0.375 bits per heavy atom. The summed E-state index contributed by atoms with van der Waals surface area (Å²) in [5.74, 6) is 7.24. The predicted octanol–water partition coefficient (Wildman–Crippen LogP) is 16.2. The topological polar surface area (TPSA) is 9.86 Å². The molecule has 0 atom stereocenters. The van der Waals surface area contributed by atoms with Crippen LogP contribution in [0.3, 0.4) is 0 Å². The number of nitrogens with zero attached hydrogens (tertiary/aromatic N) is 2. The molecule has 8 saturated carbocycles. The van der Waals surface area contributed by atoms with Crippen molar-refractivity contribution in [2.45, 2.75) is 82.0 Å². The van der Waals surface area contributed by atoms with Crippen molar-refractivity contribution in [3.63, 3.8) is 0 Å². The normalized spacial score (nSPS) is 28.9. The number of rotatable bonds is 6. The highest BCUT2D eigenvalue weighted by molar-refractivity contribution is 6.12. The molecule has 0 N–H and O–H groups in total. The molecule has 0 aliphatic heterocycles. The average molecular weight is 829 g/mol. The molecule has 2 aromatic heterocycles. The maximum absolute atomic E-state index is 2.72. The van der Waals surface area contributed by atoms with Crippen LogP contribution in [0.15, 0.2) is 158 Å². The van der Waals surface area contributed by atoms with E-state index in [-0.39, 0.29) is 0 Å². The number of hydrogen-bond donors (Lipinski definition) is 0. The molecule has 0 unspecified atom stereocenters. The molecule has 0 amide bonds. The lowest BCUT2D eigenvalue weighted by Crippen LogP contribution is -2.48. The van der Waals surface area contributed by atoms with Crippen LogP contribution < -0.4 is 0 Å². The molecule has 9 aromatic rings. The van der Waals surface area contributed by atoms with Gasteiger partial charge in [-0.05, 0) is 212 Å². The van der Waals surface area contributed by atoms with E-state index in [0.717, 1.165) is 47.3 Å². The van der Waals surface area contributed by atoms with Crippen molar-refractivity contribution in [1.29, 1.82) is 0 Å². The molecule has 64 heavy (non-hydrogen) atoms. The second-order valence-corrected chi connectivity index (χ2v) is 22.0. The lowest BCUT2D eigenvalue weighted by molar-refractivity contribution is -0.00512. The Balaban J connectivity index is 0.910. The van der Waals surface area contributed by atoms with E-state index < -0.39 is 0 Å². The molecule has 17 rings (SSSR count). The van der Waals surface area contributed by atoms with E-state index in [9.17, 15) is 0 Å². The number of fused-ring (bicyclic) bond motifs is 6. The quantitative estimate of drug-likeness (QED) is 0.158. The van der Waals surface area contributed by atoms with Crippen LogP contribution in [0.4, 0.5) is 0 Å². The molecule has 8 aliphatic carbocycles. The molecule has 8 bridgehead atoms. The van der Waals surface area contributed by atoms with Gasteiger partial charge in [0.05, 0.1) is 27.8 Å². The Labute approximate surface area is 376 Å². The van der Waals surface area contributed by atoms with Crippen LogP contribution in [-0.4, -0.2) is 9.13 Å². The number of para-hydroxylation sites is 3. The largest absolute Gasteiger partial charge is 0.309 e. The van der Waals surface area contributed by atoms with Gasteiger partial charge < -0.3 is 9.13 Å². The molecule has 2 nitrogen and oxygen atoms in total. The molecule has 0 radical (unpaired) electrons. The highest BCUT2D eigenvalue weighted by atomic mass is 15.0. The third-order valence-electron chi connectivity index (χ3n) is 18.4. The van der Waals surface area contributed by atoms with Crippen LogP contribution in [0.2, 0.25) is 0 Å². The van der Waals surface area contributed by atoms with E-state index in [4.69, 9.17) is 0 Å². The van der Waals surface area contributed by atoms with Gasteiger partial charge in [-0.3, -0.25) is 0 Å². The minimum absolute atomic E-state index is 0.363. The van der Waals surface area contributed by atoms with Gasteiger partial charge in [-0.2, -0.15) is 0 Å². The van der Waals surface area contributed by atoms with Crippen molar-refractivity contribution in [3.05, 3.63) is 169 Å². The summed E-state index contributed by atoms with van der Waals surface area (Å²) >= 11 is 0. The molecule has 0 saturated heterocycles. The monoisotopic (exact) mass is 828 g/mol. The Kier molecular flexibility index (Phi) is 7.74. The first-order valence-electron chi connectivity index (χ1n) is 25.0. The first-order chi connectivity index (χ1) is 31.6. The van der Waals surface area contributed by atoms with Crippen LogP contribution in [0, 0.1) is 41.4 Å². The zero-order chi connectivity index (χ0) is 41.7. The molecular weight excluding hydrogens is 773 g/mol. The number of hydrogen-bond acceptors (Lipinski definition) is 0. The summed E-state index contributed by atoms with van der Waals surface area (Å²) in [6, 6.07) is 60.9. The van der Waals surface area contributed by atoms with Crippen molar-refractivity contribution in [3.8, 4) is 33.6 Å². The Bertz CT molecular complexity index is 3280. The van der Waals surface area contributed by atoms with Crippen LogP contribution in [-0.2, 0) is 5.41 Å². The molecule has 314 valence electrons. The standard InChI is InChI=1S/C62H56N2/c1-2-10-48(11-3-1)63-56-16-8-7-15-52(56)53-32-43(18-21-58(53)63)49-12-4-5-13-50(49)51-14-6-9-17-57(51)64-59-22-19-44(61-45-28-38-24-39(30-45)31-46(61)29-38)33-54(59)55-34-47(20-23-60(55)64)62-35-40-25-41(36-62)27-42(26-40)37-62/h1-23,32-34,38-42,45-46,61H,24-31,35-37H2. The first kappa shape index (κ1) is 36.5. The van der Waals surface area contributed by atoms with Crippen molar-refractivity contribution in [2.75, 3.05) is 0 Å². The van der Waals surface area contributed by atoms with Gasteiger partial charge >= 0.3 is 0 Å². The van der Waals surface area contributed by atoms with Crippen LogP contribution >= 0.6 is 0 Å². The van der Waals surface area contributed by atoms with Gasteiger partial charge in [0.15, 0.2) is 0 Å². The lowest BCUT2D eigenvalue weighted by Gasteiger charge is -2.57. The fourth-order valence-electron chi connectivity index (χ4n) is 16.6. The van der Waals surface area contributed by atoms with Crippen LogP contribution in [0.5, 0.6) is 0 Å². The van der Waals surface area contributed by atoms with Gasteiger partial charge in [-0.1, -0.05) is 97.1 Å². The number of aromatic nitrogens is 2. The number of benzene rings is 7. The summed E-state index contributed by atoms with van der Waals surface area (Å²) < 4.78 is 5.07. The molecule has 8 aliphatic rings. The SMILES string of the molecule is c1ccc(-n2c3ccccc3c3cc(-c4ccccc4-c4ccccc4-n4c5ccc(C6C7CC8CC(C7)CC6C8)cc5c5cc(C67CC8CC(CC(C8)C6)C7)ccc54)ccc32)cc1. The van der Waals surface area contributed by atoms with E-state index in [1.165, 1.54) is 148 Å². The lowest BCUT2D eigenvalue weighted by atomic mass is 9.48. The minimum atomic E-state index is 0.363. The van der Waals surface area contributed by atoms with Gasteiger partial charge in [0.1, 0.15) is 0 Å². The Hall–Kier alpha value is -5.86. The summed E-state index contributed by atoms with van der Waals surface area (Å²) in [7, 11) is 0. The smallest absolute Gasteiger partial charge is 0.0541 e. The van der Waals surface area contributed by atoms with E-state index in [0.29, 0.717) is 5.41 Å². The van der Waals surface area contributed by atoms with Gasteiger partial charge in [-0.25, -0.2) is 0 Å². The third-order valence-corrected chi connectivity index (χ3v) is 18.4. The maximum Gasteiger partial charge on any atom is 0.0541 e. The molecular formula is C62H56N2. The third kappa shape index (κ3) is 5.32. The van der Waals surface area contributed by atoms with E-state index in [2.05, 4.69) is 167 Å². The van der Waals surface area contributed by atoms with Crippen LogP contribution in [0.25, 0.3) is 77.2 Å². The second-order valence-electron chi connectivity index (χ2n) is 22.0. The molecule has 7 aromatic carbocycles. The van der Waals surface area contributed by atoms with Gasteiger partial charge in [-0.15, -0.1) is 0 Å². The fraction of sp³-hybridized carbons (Fsp3) is 0.323. The van der Waals surface area contributed by atoms with Gasteiger partial charge in [0.25, 0.3) is 0 Å². The Morgan fingerprint density at radius 2 is 0.922 bits per heavy atom. The molecule has 8 fully saturated rings. The van der Waals surface area contributed by atoms with Crippen molar-refractivity contribution in [1.82, 2.24) is 9.13 Å². The molecule has 2 heteroatoms. The van der Waals surface area contributed by atoms with Crippen molar-refractivity contribution < 1.29 is 0 Å². The van der Waals surface area contributed by atoms with Crippen molar-refractivity contribution in [2.24, 2.45) is 41.4 Å².